The fourth-order valence-electron chi connectivity index (χ4n) is 4.98. The number of nitro groups is 1. The minimum Gasteiger partial charge on any atom is -0.493 e. The molecule has 0 aliphatic carbocycles. The van der Waals surface area contributed by atoms with E-state index in [1.54, 1.807) is 54.8 Å². The van der Waals surface area contributed by atoms with Crippen LogP contribution in [0.5, 0.6) is 11.5 Å². The highest BCUT2D eigenvalue weighted by atomic mass is 32.1. The fourth-order valence-corrected chi connectivity index (χ4v) is 6.03. The summed E-state index contributed by atoms with van der Waals surface area (Å²) in [6, 6.07) is 18.4. The van der Waals surface area contributed by atoms with Gasteiger partial charge >= 0.3 is 5.97 Å². The summed E-state index contributed by atoms with van der Waals surface area (Å²) in [6.07, 6.45) is 1.75. The van der Waals surface area contributed by atoms with Crippen LogP contribution in [-0.4, -0.2) is 43.3 Å². The first-order chi connectivity index (χ1) is 21.6. The first-order valence-electron chi connectivity index (χ1n) is 14.1. The number of thiazole rings is 1. The standard InChI is InChI=1S/C33H32N4O7S/c1-6-43-32(39)29-20(2)34-33-36(30(29)23-10-14-24(15-11-23)35(3)4)31(38)28(45-33)18-22-9-16-26(27(17-22)42-5)44-19-21-7-12-25(13-8-21)37(40)41/h7-18,30H,6,19H2,1-5H3/b28-18+. The molecule has 3 aromatic carbocycles. The van der Waals surface area contributed by atoms with Gasteiger partial charge in [-0.05, 0) is 73.0 Å². The third-order valence-corrected chi connectivity index (χ3v) is 8.25. The number of hydrogen-bond acceptors (Lipinski definition) is 10. The van der Waals surface area contributed by atoms with E-state index in [1.807, 2.05) is 43.3 Å². The molecule has 5 rings (SSSR count). The van der Waals surface area contributed by atoms with Crippen LogP contribution in [0, 0.1) is 10.1 Å². The molecule has 45 heavy (non-hydrogen) atoms. The maximum atomic E-state index is 14.0. The number of benzene rings is 3. The van der Waals surface area contributed by atoms with Crippen LogP contribution in [0.2, 0.25) is 0 Å². The lowest BCUT2D eigenvalue weighted by atomic mass is 9.95. The summed E-state index contributed by atoms with van der Waals surface area (Å²) in [7, 11) is 5.41. The largest absolute Gasteiger partial charge is 0.493 e. The van der Waals surface area contributed by atoms with Gasteiger partial charge in [0.25, 0.3) is 11.2 Å². The van der Waals surface area contributed by atoms with Crippen LogP contribution < -0.4 is 29.3 Å². The summed E-state index contributed by atoms with van der Waals surface area (Å²) >= 11 is 1.24. The van der Waals surface area contributed by atoms with Crippen molar-refractivity contribution in [2.75, 3.05) is 32.7 Å². The highest BCUT2D eigenvalue weighted by molar-refractivity contribution is 7.07. The summed E-state index contributed by atoms with van der Waals surface area (Å²) < 4.78 is 18.9. The number of rotatable bonds is 10. The third-order valence-electron chi connectivity index (χ3n) is 7.27. The van der Waals surface area contributed by atoms with Gasteiger partial charge in [-0.3, -0.25) is 19.5 Å². The fraction of sp³-hybridized carbons (Fsp3) is 0.242. The first-order valence-corrected chi connectivity index (χ1v) is 14.9. The second-order valence-electron chi connectivity index (χ2n) is 10.4. The Balaban J connectivity index is 1.50. The first kappa shape index (κ1) is 31.2. The minimum absolute atomic E-state index is 0.00629. The van der Waals surface area contributed by atoms with Gasteiger partial charge in [-0.25, -0.2) is 9.79 Å². The molecule has 12 heteroatoms. The topological polar surface area (TPSA) is 126 Å². The van der Waals surface area contributed by atoms with Gasteiger partial charge in [0.2, 0.25) is 0 Å². The highest BCUT2D eigenvalue weighted by Gasteiger charge is 2.33. The van der Waals surface area contributed by atoms with Crippen LogP contribution in [0.4, 0.5) is 11.4 Å². The van der Waals surface area contributed by atoms with Crippen LogP contribution in [0.25, 0.3) is 6.08 Å². The van der Waals surface area contributed by atoms with Crippen molar-refractivity contribution in [1.82, 2.24) is 4.57 Å². The Morgan fingerprint density at radius 3 is 2.42 bits per heavy atom. The van der Waals surface area contributed by atoms with Crippen molar-refractivity contribution >= 4 is 34.8 Å². The van der Waals surface area contributed by atoms with Gasteiger partial charge in [-0.2, -0.15) is 0 Å². The normalized spacial score (nSPS) is 14.4. The Morgan fingerprint density at radius 2 is 1.80 bits per heavy atom. The number of ether oxygens (including phenoxy) is 3. The Labute approximate surface area is 263 Å². The molecule has 0 amide bonds. The third kappa shape index (κ3) is 6.50. The second kappa shape index (κ2) is 13.2. The molecule has 2 heterocycles. The Morgan fingerprint density at radius 1 is 1.09 bits per heavy atom. The number of methoxy groups -OCH3 is 1. The molecule has 0 fully saturated rings. The molecular formula is C33H32N4O7S. The molecule has 0 N–H and O–H groups in total. The number of nitro benzene ring substituents is 1. The van der Waals surface area contributed by atoms with Crippen LogP contribution in [0.15, 0.2) is 87.8 Å². The molecule has 0 spiro atoms. The van der Waals surface area contributed by atoms with Crippen LogP contribution >= 0.6 is 11.3 Å². The monoisotopic (exact) mass is 628 g/mol. The molecule has 4 aromatic rings. The Hall–Kier alpha value is -5.23. The average molecular weight is 629 g/mol. The zero-order valence-electron chi connectivity index (χ0n) is 25.5. The van der Waals surface area contributed by atoms with Crippen molar-refractivity contribution in [3.05, 3.63) is 124 Å². The number of non-ortho nitro benzene ring substituents is 1. The second-order valence-corrected chi connectivity index (χ2v) is 11.4. The van der Waals surface area contributed by atoms with Gasteiger partial charge in [0.15, 0.2) is 16.3 Å². The minimum atomic E-state index is -0.705. The maximum Gasteiger partial charge on any atom is 0.338 e. The summed E-state index contributed by atoms with van der Waals surface area (Å²) in [6.45, 7) is 3.88. The molecule has 0 saturated carbocycles. The van der Waals surface area contributed by atoms with E-state index in [4.69, 9.17) is 14.2 Å². The van der Waals surface area contributed by atoms with E-state index in [0.29, 0.717) is 37.7 Å². The highest BCUT2D eigenvalue weighted by Crippen LogP contribution is 2.32. The van der Waals surface area contributed by atoms with Crippen molar-refractivity contribution in [3.63, 3.8) is 0 Å². The smallest absolute Gasteiger partial charge is 0.338 e. The van der Waals surface area contributed by atoms with E-state index in [2.05, 4.69) is 4.99 Å². The summed E-state index contributed by atoms with van der Waals surface area (Å²) in [5.41, 5.74) is 3.76. The van der Waals surface area contributed by atoms with Gasteiger partial charge in [-0.1, -0.05) is 29.5 Å². The van der Waals surface area contributed by atoms with Gasteiger partial charge in [0.1, 0.15) is 6.61 Å². The molecule has 1 aromatic heterocycles. The van der Waals surface area contributed by atoms with E-state index in [0.717, 1.165) is 16.8 Å². The van der Waals surface area contributed by atoms with Gasteiger partial charge in [-0.15, -0.1) is 0 Å². The number of anilines is 1. The van der Waals surface area contributed by atoms with E-state index in [-0.39, 0.29) is 24.5 Å². The number of carbonyl (C=O) groups is 1. The SMILES string of the molecule is CCOC(=O)C1=C(C)N=c2s/c(=C/c3ccc(OCc4ccc([N+](=O)[O-])cc4)c(OC)c3)c(=O)n2C1c1ccc(N(C)C)cc1. The lowest BCUT2D eigenvalue weighted by Gasteiger charge is -2.25. The summed E-state index contributed by atoms with van der Waals surface area (Å²) in [4.78, 5) is 44.7. The van der Waals surface area contributed by atoms with Crippen LogP contribution in [0.3, 0.4) is 0 Å². The number of nitrogens with zero attached hydrogens (tertiary/aromatic N) is 4. The van der Waals surface area contributed by atoms with Crippen molar-refractivity contribution in [2.45, 2.75) is 26.5 Å². The molecule has 1 atom stereocenters. The quantitative estimate of drug-likeness (QED) is 0.144. The van der Waals surface area contributed by atoms with E-state index in [9.17, 15) is 19.7 Å². The van der Waals surface area contributed by atoms with Gasteiger partial charge in [0.05, 0.1) is 40.5 Å². The predicted molar refractivity (Wildman–Crippen MR) is 172 cm³/mol. The molecule has 1 aliphatic rings. The maximum absolute atomic E-state index is 14.0. The number of esters is 1. The number of aromatic nitrogens is 1. The van der Waals surface area contributed by atoms with Crippen molar-refractivity contribution in [1.29, 1.82) is 0 Å². The van der Waals surface area contributed by atoms with Crippen molar-refractivity contribution in [2.24, 2.45) is 4.99 Å². The lowest BCUT2D eigenvalue weighted by Crippen LogP contribution is -2.39. The predicted octanol–water partition coefficient (Wildman–Crippen LogP) is 4.36. The molecular weight excluding hydrogens is 596 g/mol. The van der Waals surface area contributed by atoms with Crippen LogP contribution in [0.1, 0.15) is 36.6 Å². The molecule has 11 nitrogen and oxygen atoms in total. The van der Waals surface area contributed by atoms with Crippen molar-refractivity contribution in [3.8, 4) is 11.5 Å². The number of allylic oxidation sites excluding steroid dienone is 1. The lowest BCUT2D eigenvalue weighted by molar-refractivity contribution is -0.384. The average Bonchev–Trinajstić information content (AvgIpc) is 3.33. The summed E-state index contributed by atoms with van der Waals surface area (Å²) in [5.74, 6) is 0.423. The molecule has 0 saturated heterocycles. The van der Waals surface area contributed by atoms with Crippen molar-refractivity contribution < 1.29 is 23.9 Å². The van der Waals surface area contributed by atoms with Gasteiger partial charge < -0.3 is 19.1 Å². The number of fused-ring (bicyclic) bond motifs is 1. The van der Waals surface area contributed by atoms with Gasteiger partial charge in [0, 0.05) is 31.9 Å². The Kier molecular flexibility index (Phi) is 9.14. The Bertz CT molecular complexity index is 1960. The molecule has 1 aliphatic heterocycles. The summed E-state index contributed by atoms with van der Waals surface area (Å²) in [5, 5.41) is 10.9. The van der Waals surface area contributed by atoms with E-state index >= 15 is 0 Å². The number of carbonyl (C=O) groups excluding carboxylic acids is 1. The molecule has 0 radical (unpaired) electrons. The molecule has 1 unspecified atom stereocenters. The number of hydrogen-bond donors (Lipinski definition) is 0. The zero-order chi connectivity index (χ0) is 32.2. The van der Waals surface area contributed by atoms with E-state index in [1.165, 1.54) is 30.6 Å². The van der Waals surface area contributed by atoms with E-state index < -0.39 is 16.9 Å². The molecule has 232 valence electrons. The van der Waals surface area contributed by atoms with Crippen LogP contribution in [-0.2, 0) is 16.1 Å². The zero-order valence-corrected chi connectivity index (χ0v) is 26.3. The molecule has 0 bridgehead atoms.